The molecule has 8 heteroatoms. The third kappa shape index (κ3) is 2.89. The van der Waals surface area contributed by atoms with Crippen LogP contribution in [-0.2, 0) is 9.53 Å². The monoisotopic (exact) mass is 326 g/mol. The van der Waals surface area contributed by atoms with E-state index in [4.69, 9.17) is 4.74 Å². The second-order valence-corrected chi connectivity index (χ2v) is 6.93. The van der Waals surface area contributed by atoms with Gasteiger partial charge < -0.3 is 14.9 Å². The predicted molar refractivity (Wildman–Crippen MR) is 81.1 cm³/mol. The highest BCUT2D eigenvalue weighted by atomic mass is 16.6. The lowest BCUT2D eigenvalue weighted by molar-refractivity contribution is -0.172. The van der Waals surface area contributed by atoms with Gasteiger partial charge in [-0.1, -0.05) is 20.8 Å². The Morgan fingerprint density at radius 3 is 2.61 bits per heavy atom. The Balaban J connectivity index is 2.45. The van der Waals surface area contributed by atoms with Crippen LogP contribution in [0.4, 0.5) is 0 Å². The van der Waals surface area contributed by atoms with Crippen LogP contribution < -0.4 is 11.2 Å². The molecule has 3 atom stereocenters. The summed E-state index contributed by atoms with van der Waals surface area (Å²) in [5.74, 6) is -0.448. The molecule has 0 aliphatic carbocycles. The largest absolute Gasteiger partial charge is 0.393 e. The summed E-state index contributed by atoms with van der Waals surface area (Å²) in [4.78, 5) is 38.2. The molecule has 0 radical (unpaired) electrons. The first kappa shape index (κ1) is 17.6. The summed E-state index contributed by atoms with van der Waals surface area (Å²) in [6.45, 7) is 5.81. The van der Waals surface area contributed by atoms with Gasteiger partial charge in [0.1, 0.15) is 6.23 Å². The molecule has 1 aromatic heterocycles. The maximum atomic E-state index is 12.6. The fraction of sp³-hybridized carbons (Fsp3) is 0.667. The molecule has 0 spiro atoms. The molecule has 1 saturated heterocycles. The van der Waals surface area contributed by atoms with Gasteiger partial charge in [0.15, 0.2) is 11.4 Å². The van der Waals surface area contributed by atoms with E-state index in [0.29, 0.717) is 5.56 Å². The maximum absolute atomic E-state index is 12.6. The molecule has 8 nitrogen and oxygen atoms in total. The molecule has 128 valence electrons. The smallest absolute Gasteiger partial charge is 0.330 e. The van der Waals surface area contributed by atoms with Crippen LogP contribution >= 0.6 is 0 Å². The average Bonchev–Trinajstić information content (AvgIpc) is 2.78. The molecule has 2 heterocycles. The van der Waals surface area contributed by atoms with Gasteiger partial charge in [0.25, 0.3) is 5.56 Å². The Kier molecular flexibility index (Phi) is 4.36. The lowest BCUT2D eigenvalue weighted by Crippen LogP contribution is -2.55. The number of aliphatic hydroxyl groups excluding tert-OH is 2. The molecular weight excluding hydrogens is 304 g/mol. The number of aryl methyl sites for hydroxylation is 1. The highest BCUT2D eigenvalue weighted by Gasteiger charge is 2.56. The minimum Gasteiger partial charge on any atom is -0.393 e. The van der Waals surface area contributed by atoms with Crippen LogP contribution in [-0.4, -0.2) is 43.9 Å². The Bertz CT molecular complexity index is 729. The fourth-order valence-corrected chi connectivity index (χ4v) is 2.78. The normalized spacial score (nSPS) is 28.1. The van der Waals surface area contributed by atoms with Crippen molar-refractivity contribution in [2.45, 2.75) is 52.0 Å². The Morgan fingerprint density at radius 1 is 1.48 bits per heavy atom. The van der Waals surface area contributed by atoms with Crippen LogP contribution in [0.5, 0.6) is 0 Å². The van der Waals surface area contributed by atoms with Gasteiger partial charge in [-0.05, 0) is 6.92 Å². The van der Waals surface area contributed by atoms with Crippen LogP contribution in [0.25, 0.3) is 0 Å². The highest BCUT2D eigenvalue weighted by Crippen LogP contribution is 2.40. The lowest BCUT2D eigenvalue weighted by atomic mass is 9.78. The van der Waals surface area contributed by atoms with Gasteiger partial charge in [-0.3, -0.25) is 19.1 Å². The number of aromatic nitrogens is 2. The number of aromatic amines is 1. The Hall–Kier alpha value is -1.77. The molecule has 0 bridgehead atoms. The Labute approximate surface area is 132 Å². The zero-order valence-electron chi connectivity index (χ0n) is 13.6. The van der Waals surface area contributed by atoms with E-state index >= 15 is 0 Å². The van der Waals surface area contributed by atoms with Crippen LogP contribution in [0, 0.1) is 12.3 Å². The quantitative estimate of drug-likeness (QED) is 0.686. The molecule has 0 unspecified atom stereocenters. The van der Waals surface area contributed by atoms with Gasteiger partial charge in [-0.15, -0.1) is 0 Å². The third-order valence-electron chi connectivity index (χ3n) is 4.07. The standard InChI is InChI=1S/C15H22N2O6/c1-8-6-17(13(22)16-11(8)20)10-5-9(19)15(7-18,23-10)12(21)14(2,3)4/h6,9-10,18-19H,5,7H2,1-4H3,(H,16,20,22)/t9-,10+,15-/m0/s1. The number of H-pyrrole nitrogens is 1. The number of rotatable bonds is 3. The zero-order chi connectivity index (χ0) is 17.6. The van der Waals surface area contributed by atoms with Crippen molar-refractivity contribution >= 4 is 5.78 Å². The molecule has 0 aromatic carbocycles. The van der Waals surface area contributed by atoms with E-state index in [2.05, 4.69) is 4.98 Å². The number of aliphatic hydroxyl groups is 2. The van der Waals surface area contributed by atoms with Gasteiger partial charge in [0.05, 0.1) is 12.7 Å². The van der Waals surface area contributed by atoms with Crippen molar-refractivity contribution in [3.05, 3.63) is 32.6 Å². The van der Waals surface area contributed by atoms with Crippen LogP contribution in [0.3, 0.4) is 0 Å². The molecule has 2 rings (SSSR count). The number of ketones is 1. The van der Waals surface area contributed by atoms with E-state index in [0.717, 1.165) is 4.57 Å². The number of nitrogens with zero attached hydrogens (tertiary/aromatic N) is 1. The predicted octanol–water partition coefficient (Wildman–Crippen LogP) is -0.529. The summed E-state index contributed by atoms with van der Waals surface area (Å²) in [6, 6.07) is 0. The van der Waals surface area contributed by atoms with Crippen molar-refractivity contribution in [1.29, 1.82) is 0 Å². The first-order chi connectivity index (χ1) is 10.5. The average molecular weight is 326 g/mol. The molecule has 1 aromatic rings. The first-order valence-corrected chi connectivity index (χ1v) is 7.36. The molecule has 0 saturated carbocycles. The number of Topliss-reactive ketones (excluding diaryl/α,β-unsaturated/α-hetero) is 1. The topological polar surface area (TPSA) is 122 Å². The molecule has 1 fully saturated rings. The van der Waals surface area contributed by atoms with Crippen molar-refractivity contribution in [3.8, 4) is 0 Å². The van der Waals surface area contributed by atoms with E-state index in [1.54, 1.807) is 20.8 Å². The third-order valence-corrected chi connectivity index (χ3v) is 4.07. The van der Waals surface area contributed by atoms with Crippen molar-refractivity contribution in [3.63, 3.8) is 0 Å². The van der Waals surface area contributed by atoms with E-state index in [-0.39, 0.29) is 6.42 Å². The first-order valence-electron chi connectivity index (χ1n) is 7.36. The maximum Gasteiger partial charge on any atom is 0.330 e. The summed E-state index contributed by atoms with van der Waals surface area (Å²) in [5.41, 5.74) is -3.54. The van der Waals surface area contributed by atoms with Crippen LogP contribution in [0.2, 0.25) is 0 Å². The molecule has 1 aliphatic rings. The number of ether oxygens (including phenoxy) is 1. The molecule has 1 aliphatic heterocycles. The van der Waals surface area contributed by atoms with Gasteiger partial charge in [-0.2, -0.15) is 0 Å². The van der Waals surface area contributed by atoms with Gasteiger partial charge in [-0.25, -0.2) is 4.79 Å². The molecular formula is C15H22N2O6. The van der Waals surface area contributed by atoms with E-state index < -0.39 is 47.0 Å². The number of carbonyl (C=O) groups is 1. The van der Waals surface area contributed by atoms with Gasteiger partial charge >= 0.3 is 5.69 Å². The van der Waals surface area contributed by atoms with Gasteiger partial charge in [0, 0.05) is 23.6 Å². The van der Waals surface area contributed by atoms with Crippen molar-refractivity contribution in [1.82, 2.24) is 9.55 Å². The summed E-state index contributed by atoms with van der Waals surface area (Å²) in [6.07, 6.45) is -0.948. The zero-order valence-corrected chi connectivity index (χ0v) is 13.6. The summed E-state index contributed by atoms with van der Waals surface area (Å²) >= 11 is 0. The van der Waals surface area contributed by atoms with Crippen LogP contribution in [0.15, 0.2) is 15.8 Å². The number of hydrogen-bond donors (Lipinski definition) is 3. The molecule has 23 heavy (non-hydrogen) atoms. The Morgan fingerprint density at radius 2 is 2.09 bits per heavy atom. The number of nitrogens with one attached hydrogen (secondary N) is 1. The van der Waals surface area contributed by atoms with E-state index in [9.17, 15) is 24.6 Å². The number of hydrogen-bond acceptors (Lipinski definition) is 6. The highest BCUT2D eigenvalue weighted by molar-refractivity contribution is 5.92. The minimum atomic E-state index is -1.79. The van der Waals surface area contributed by atoms with Crippen molar-refractivity contribution < 1.29 is 19.7 Å². The van der Waals surface area contributed by atoms with Crippen LogP contribution in [0.1, 0.15) is 39.0 Å². The summed E-state index contributed by atoms with van der Waals surface area (Å²) in [5, 5.41) is 20.0. The fourth-order valence-electron chi connectivity index (χ4n) is 2.78. The van der Waals surface area contributed by atoms with E-state index in [1.807, 2.05) is 0 Å². The number of carbonyl (C=O) groups excluding carboxylic acids is 1. The van der Waals surface area contributed by atoms with Crippen molar-refractivity contribution in [2.75, 3.05) is 6.61 Å². The minimum absolute atomic E-state index is 0.0478. The summed E-state index contributed by atoms with van der Waals surface area (Å²) < 4.78 is 6.77. The summed E-state index contributed by atoms with van der Waals surface area (Å²) in [7, 11) is 0. The molecule has 3 N–H and O–H groups in total. The second-order valence-electron chi connectivity index (χ2n) is 6.93. The molecule has 0 amide bonds. The van der Waals surface area contributed by atoms with Crippen molar-refractivity contribution in [2.24, 2.45) is 5.41 Å². The van der Waals surface area contributed by atoms with Gasteiger partial charge in [0.2, 0.25) is 0 Å². The second kappa shape index (κ2) is 5.70. The van der Waals surface area contributed by atoms with E-state index in [1.165, 1.54) is 13.1 Å². The lowest BCUT2D eigenvalue weighted by Gasteiger charge is -2.34. The SMILES string of the molecule is Cc1cn([C@H]2C[C@H](O)[C@@](CO)(C(=O)C(C)(C)C)O2)c(=O)[nH]c1=O.